The largest absolute Gasteiger partial charge is 2.00 e. The van der Waals surface area contributed by atoms with E-state index in [0.717, 1.165) is 13.0 Å². The van der Waals surface area contributed by atoms with Crippen LogP contribution >= 0.6 is 0 Å². The zero-order valence-corrected chi connectivity index (χ0v) is 12.9. The Labute approximate surface area is 132 Å². The molecule has 0 aliphatic rings. The average Bonchev–Trinajstić information content (AvgIpc) is 2.22. The molecule has 2 unspecified atom stereocenters. The van der Waals surface area contributed by atoms with Crippen LogP contribution in [0.25, 0.3) is 0 Å². The molecular formula is C10H20CaO6. The number of hydrogen-bond acceptors (Lipinski definition) is 6. The van der Waals surface area contributed by atoms with Crippen LogP contribution in [0.4, 0.5) is 4.79 Å². The molecule has 0 spiro atoms. The number of aliphatic hydroxyl groups excluding tert-OH is 1. The maximum Gasteiger partial charge on any atom is 2.00 e. The molecule has 0 aliphatic heterocycles. The van der Waals surface area contributed by atoms with Crippen molar-refractivity contribution in [2.75, 3.05) is 19.8 Å². The van der Waals surface area contributed by atoms with Gasteiger partial charge in [-0.05, 0) is 26.4 Å². The minimum absolute atomic E-state index is 0. The van der Waals surface area contributed by atoms with Gasteiger partial charge in [0.2, 0.25) is 0 Å². The van der Waals surface area contributed by atoms with Crippen molar-refractivity contribution in [3.8, 4) is 0 Å². The monoisotopic (exact) mass is 276 g/mol. The molecule has 0 fully saturated rings. The first-order valence-corrected chi connectivity index (χ1v) is 5.16. The van der Waals surface area contributed by atoms with Crippen LogP contribution in [0.3, 0.4) is 0 Å². The molecule has 0 amide bonds. The number of rotatable bonds is 7. The molecule has 7 heteroatoms. The van der Waals surface area contributed by atoms with E-state index in [-0.39, 0.29) is 56.6 Å². The Hall–Kier alpha value is 0.410. The summed E-state index contributed by atoms with van der Waals surface area (Å²) >= 11 is 0. The predicted molar refractivity (Wildman–Crippen MR) is 59.4 cm³/mol. The van der Waals surface area contributed by atoms with Crippen molar-refractivity contribution in [1.82, 2.24) is 0 Å². The van der Waals surface area contributed by atoms with Crippen LogP contribution < -0.4 is 10.2 Å². The number of carbonyl (C=O) groups is 1. The van der Waals surface area contributed by atoms with E-state index >= 15 is 0 Å². The van der Waals surface area contributed by atoms with E-state index in [1.54, 1.807) is 0 Å². The normalized spacial score (nSPS) is 12.7. The Morgan fingerprint density at radius 1 is 1.24 bits per heavy atom. The summed E-state index contributed by atoms with van der Waals surface area (Å²) < 4.78 is 10.7. The first-order chi connectivity index (χ1) is 7.43. The first-order valence-electron chi connectivity index (χ1n) is 5.16. The summed E-state index contributed by atoms with van der Waals surface area (Å²) in [6, 6.07) is 0. The van der Waals surface area contributed by atoms with Gasteiger partial charge in [0.1, 0.15) is 0 Å². The van der Waals surface area contributed by atoms with Gasteiger partial charge in [0.25, 0.3) is 0 Å². The zero-order valence-electron chi connectivity index (χ0n) is 10.7. The third-order valence-electron chi connectivity index (χ3n) is 1.48. The minimum Gasteiger partial charge on any atom is -0.652 e. The molecule has 0 rings (SSSR count). The number of hydrogen-bond donors (Lipinski definition) is 1. The smallest absolute Gasteiger partial charge is 0.652 e. The number of ether oxygens (including phenoxy) is 2. The Morgan fingerprint density at radius 3 is 2.06 bits per heavy atom. The molecule has 98 valence electrons. The molecule has 1 N–H and O–H groups in total. The van der Waals surface area contributed by atoms with E-state index in [1.165, 1.54) is 0 Å². The molecule has 0 aromatic carbocycles. The van der Waals surface area contributed by atoms with E-state index in [2.05, 4.69) is 6.92 Å². The van der Waals surface area contributed by atoms with Crippen LogP contribution in [-0.4, -0.2) is 81.0 Å². The van der Waals surface area contributed by atoms with Crippen LogP contribution in [0.5, 0.6) is 0 Å². The Kier molecular flexibility index (Phi) is 21.8. The van der Waals surface area contributed by atoms with Crippen molar-refractivity contribution in [3.05, 3.63) is 0 Å². The van der Waals surface area contributed by atoms with E-state index in [1.807, 2.05) is 13.8 Å². The molecule has 0 aliphatic carbocycles. The van der Waals surface area contributed by atoms with E-state index in [4.69, 9.17) is 29.6 Å². The molecule has 6 nitrogen and oxygen atoms in total. The molecule has 0 saturated heterocycles. The average molecular weight is 276 g/mol. The summed E-state index contributed by atoms with van der Waals surface area (Å²) in [6.45, 7) is 7.29. The number of carbonyl (C=O) groups excluding carboxylic acids is 1. The van der Waals surface area contributed by atoms with Crippen LogP contribution in [-0.2, 0) is 9.47 Å². The summed E-state index contributed by atoms with van der Waals surface area (Å²) in [5.41, 5.74) is 0. The number of carboxylic acid groups (broad SMARTS) is 2. The fourth-order valence-corrected chi connectivity index (χ4v) is 0.720. The van der Waals surface area contributed by atoms with Crippen LogP contribution in [0.15, 0.2) is 0 Å². The van der Waals surface area contributed by atoms with Crippen LogP contribution in [0, 0.1) is 0 Å². The van der Waals surface area contributed by atoms with Crippen molar-refractivity contribution < 1.29 is 29.6 Å². The Balaban J connectivity index is -0.000000340. The zero-order chi connectivity index (χ0) is 13.0. The Bertz CT molecular complexity index is 163. The van der Waals surface area contributed by atoms with E-state index in [9.17, 15) is 0 Å². The van der Waals surface area contributed by atoms with Gasteiger partial charge in [-0.3, -0.25) is 0 Å². The predicted octanol–water partition coefficient (Wildman–Crippen LogP) is -1.63. The number of aliphatic hydroxyl groups is 1. The van der Waals surface area contributed by atoms with Gasteiger partial charge in [0, 0.05) is 6.61 Å². The van der Waals surface area contributed by atoms with Gasteiger partial charge >= 0.3 is 37.7 Å². The summed E-state index contributed by atoms with van der Waals surface area (Å²) in [7, 11) is 0. The van der Waals surface area contributed by atoms with E-state index in [0.29, 0.717) is 6.61 Å². The van der Waals surface area contributed by atoms with Gasteiger partial charge in [-0.2, -0.15) is 0 Å². The minimum atomic E-state index is -2.33. The van der Waals surface area contributed by atoms with Gasteiger partial charge in [-0.1, -0.05) is 6.92 Å². The topological polar surface area (TPSA) is 102 Å². The SMILES string of the molecule is CCCOC(C)COC(C)CO.O=C([O-])[O-].[Ca+2]. The third kappa shape index (κ3) is 26.2. The molecule has 0 aromatic rings. The van der Waals surface area contributed by atoms with Gasteiger partial charge in [0.15, 0.2) is 0 Å². The summed E-state index contributed by atoms with van der Waals surface area (Å²) in [5, 5.41) is 25.3. The third-order valence-corrected chi connectivity index (χ3v) is 1.48. The van der Waals surface area contributed by atoms with Crippen molar-refractivity contribution in [3.63, 3.8) is 0 Å². The molecule has 0 heterocycles. The molecule has 0 aromatic heterocycles. The molecule has 0 radical (unpaired) electrons. The van der Waals surface area contributed by atoms with Crippen molar-refractivity contribution in [2.24, 2.45) is 0 Å². The van der Waals surface area contributed by atoms with Gasteiger partial charge in [0.05, 0.1) is 25.4 Å². The molecule has 0 saturated carbocycles. The maximum atomic E-state index is 8.66. The van der Waals surface area contributed by atoms with Crippen molar-refractivity contribution in [1.29, 1.82) is 0 Å². The Morgan fingerprint density at radius 2 is 1.71 bits per heavy atom. The molecule has 2 atom stereocenters. The van der Waals surface area contributed by atoms with Crippen LogP contribution in [0.2, 0.25) is 0 Å². The van der Waals surface area contributed by atoms with Gasteiger partial charge in [-0.25, -0.2) is 0 Å². The van der Waals surface area contributed by atoms with E-state index < -0.39 is 6.16 Å². The second-order valence-corrected chi connectivity index (χ2v) is 3.26. The van der Waals surface area contributed by atoms with Crippen molar-refractivity contribution in [2.45, 2.75) is 39.4 Å². The fraction of sp³-hybridized carbons (Fsp3) is 0.900. The van der Waals surface area contributed by atoms with Crippen molar-refractivity contribution >= 4 is 43.9 Å². The first kappa shape index (κ1) is 22.6. The summed E-state index contributed by atoms with van der Waals surface area (Å²) in [6.07, 6.45) is -1.27. The van der Waals surface area contributed by atoms with Crippen LogP contribution in [0.1, 0.15) is 27.2 Å². The second kappa shape index (κ2) is 16.4. The summed E-state index contributed by atoms with van der Waals surface area (Å²) in [4.78, 5) is 8.33. The molecule has 17 heavy (non-hydrogen) atoms. The maximum absolute atomic E-state index is 8.66. The second-order valence-electron chi connectivity index (χ2n) is 3.26. The quantitative estimate of drug-likeness (QED) is 0.560. The van der Waals surface area contributed by atoms with Gasteiger partial charge in [-0.15, -0.1) is 0 Å². The molecular weight excluding hydrogens is 256 g/mol. The van der Waals surface area contributed by atoms with Gasteiger partial charge < -0.3 is 29.6 Å². The summed E-state index contributed by atoms with van der Waals surface area (Å²) in [5.74, 6) is 0. The molecule has 0 bridgehead atoms. The fourth-order valence-electron chi connectivity index (χ4n) is 0.720. The standard InChI is InChI=1S/C9H20O3.CH2O3.Ca/c1-4-5-11-9(3)7-12-8(2)6-10;2-1(3)4;/h8-10H,4-7H2,1-3H3;(H2,2,3,4);/q;;+2/p-2.